The Labute approximate surface area is 164 Å². The molecule has 1 aliphatic heterocycles. The van der Waals surface area contributed by atoms with Crippen molar-refractivity contribution in [1.29, 1.82) is 0 Å². The Morgan fingerprint density at radius 2 is 1.92 bits per heavy atom. The molecule has 0 saturated carbocycles. The third-order valence-electron chi connectivity index (χ3n) is 4.12. The molecule has 1 aliphatic rings. The van der Waals surface area contributed by atoms with Crippen molar-refractivity contribution in [3.05, 3.63) is 33.8 Å². The Bertz CT molecular complexity index is 593. The fourth-order valence-electron chi connectivity index (χ4n) is 2.87. The number of nitrogens with one attached hydrogen (secondary N) is 2. The van der Waals surface area contributed by atoms with Gasteiger partial charge in [0.2, 0.25) is 5.91 Å². The molecule has 1 aromatic carbocycles. The van der Waals surface area contributed by atoms with Crippen molar-refractivity contribution in [2.24, 2.45) is 0 Å². The van der Waals surface area contributed by atoms with Crippen LogP contribution in [0.5, 0.6) is 0 Å². The molecule has 25 heavy (non-hydrogen) atoms. The molecule has 0 radical (unpaired) electrons. The Kier molecular flexibility index (Phi) is 9.57. The Morgan fingerprint density at radius 1 is 1.24 bits per heavy atom. The second kappa shape index (κ2) is 10.9. The number of carbonyl (C=O) groups excluding carboxylic acids is 2. The zero-order chi connectivity index (χ0) is 17.5. The second-order valence-corrected chi connectivity index (χ2v) is 6.69. The molecule has 1 fully saturated rings. The fraction of sp³-hybridized carbons (Fsp3) is 0.529. The van der Waals surface area contributed by atoms with E-state index >= 15 is 0 Å². The summed E-state index contributed by atoms with van der Waals surface area (Å²) in [4.78, 5) is 26.6. The summed E-state index contributed by atoms with van der Waals surface area (Å²) < 4.78 is 0. The van der Waals surface area contributed by atoms with Crippen LogP contribution >= 0.6 is 35.6 Å². The molecule has 5 nitrogen and oxygen atoms in total. The summed E-state index contributed by atoms with van der Waals surface area (Å²) in [5, 5.41) is 6.69. The van der Waals surface area contributed by atoms with Gasteiger partial charge >= 0.3 is 0 Å². The SMILES string of the molecule is CCCN(C(=O)CNC(=O)c1ccc(Cl)c(Cl)c1)C1CCNCC1.Cl. The maximum atomic E-state index is 12.5. The number of nitrogens with zero attached hydrogens (tertiary/aromatic N) is 1. The van der Waals surface area contributed by atoms with E-state index in [9.17, 15) is 9.59 Å². The molecule has 1 saturated heterocycles. The van der Waals surface area contributed by atoms with E-state index in [0.29, 0.717) is 22.2 Å². The molecular weight excluding hydrogens is 385 g/mol. The predicted molar refractivity (Wildman–Crippen MR) is 104 cm³/mol. The lowest BCUT2D eigenvalue weighted by atomic mass is 10.0. The number of hydrogen-bond acceptors (Lipinski definition) is 3. The van der Waals surface area contributed by atoms with Crippen molar-refractivity contribution < 1.29 is 9.59 Å². The molecule has 0 aliphatic carbocycles. The number of rotatable bonds is 6. The maximum Gasteiger partial charge on any atom is 0.251 e. The van der Waals surface area contributed by atoms with Gasteiger partial charge in [-0.25, -0.2) is 0 Å². The lowest BCUT2D eigenvalue weighted by Gasteiger charge is -2.34. The molecule has 0 spiro atoms. The van der Waals surface area contributed by atoms with Gasteiger partial charge in [-0.3, -0.25) is 9.59 Å². The maximum absolute atomic E-state index is 12.5. The summed E-state index contributed by atoms with van der Waals surface area (Å²) in [5.41, 5.74) is 0.390. The van der Waals surface area contributed by atoms with Gasteiger partial charge in [-0.05, 0) is 50.6 Å². The zero-order valence-electron chi connectivity index (χ0n) is 14.2. The van der Waals surface area contributed by atoms with Crippen LogP contribution in [0.25, 0.3) is 0 Å². The smallest absolute Gasteiger partial charge is 0.251 e. The monoisotopic (exact) mass is 407 g/mol. The van der Waals surface area contributed by atoms with Crippen LogP contribution in [-0.2, 0) is 4.79 Å². The number of piperidine rings is 1. The van der Waals surface area contributed by atoms with Crippen molar-refractivity contribution in [2.75, 3.05) is 26.2 Å². The molecule has 1 aromatic rings. The Hall–Kier alpha value is -1.01. The molecule has 0 unspecified atom stereocenters. The summed E-state index contributed by atoms with van der Waals surface area (Å²) in [6, 6.07) is 4.91. The Balaban J connectivity index is 0.00000312. The molecule has 2 rings (SSSR count). The number of carbonyl (C=O) groups is 2. The molecule has 0 atom stereocenters. The van der Waals surface area contributed by atoms with Crippen LogP contribution in [0.15, 0.2) is 18.2 Å². The van der Waals surface area contributed by atoms with E-state index in [1.54, 1.807) is 12.1 Å². The van der Waals surface area contributed by atoms with Crippen molar-refractivity contribution in [3.63, 3.8) is 0 Å². The van der Waals surface area contributed by atoms with Gasteiger partial charge in [0.25, 0.3) is 5.91 Å². The van der Waals surface area contributed by atoms with E-state index in [-0.39, 0.29) is 36.8 Å². The first-order valence-corrected chi connectivity index (χ1v) is 9.02. The third-order valence-corrected chi connectivity index (χ3v) is 4.86. The normalized spacial score (nSPS) is 14.5. The number of amides is 2. The van der Waals surface area contributed by atoms with Crippen LogP contribution in [-0.4, -0.2) is 48.9 Å². The largest absolute Gasteiger partial charge is 0.343 e. The van der Waals surface area contributed by atoms with Gasteiger partial charge in [0.15, 0.2) is 0 Å². The molecule has 2 amide bonds. The first kappa shape index (κ1) is 22.0. The molecular formula is C17H24Cl3N3O2. The lowest BCUT2D eigenvalue weighted by Crippen LogP contribution is -2.49. The van der Waals surface area contributed by atoms with Gasteiger partial charge in [-0.15, -0.1) is 12.4 Å². The van der Waals surface area contributed by atoms with Crippen molar-refractivity contribution in [2.45, 2.75) is 32.2 Å². The number of hydrogen-bond donors (Lipinski definition) is 2. The van der Waals surface area contributed by atoms with E-state index in [2.05, 4.69) is 17.6 Å². The predicted octanol–water partition coefficient (Wildman–Crippen LogP) is 3.14. The van der Waals surface area contributed by atoms with Crippen LogP contribution in [0.2, 0.25) is 10.0 Å². The van der Waals surface area contributed by atoms with Gasteiger partial charge < -0.3 is 15.5 Å². The average molecular weight is 409 g/mol. The van der Waals surface area contributed by atoms with Crippen LogP contribution in [0.1, 0.15) is 36.5 Å². The topological polar surface area (TPSA) is 61.4 Å². The van der Waals surface area contributed by atoms with Crippen molar-refractivity contribution in [1.82, 2.24) is 15.5 Å². The highest BCUT2D eigenvalue weighted by Crippen LogP contribution is 2.22. The van der Waals surface area contributed by atoms with Crippen molar-refractivity contribution >= 4 is 47.4 Å². The summed E-state index contributed by atoms with van der Waals surface area (Å²) in [5.74, 6) is -0.374. The molecule has 1 heterocycles. The highest BCUT2D eigenvalue weighted by atomic mass is 35.5. The van der Waals surface area contributed by atoms with E-state index in [1.807, 2.05) is 4.90 Å². The van der Waals surface area contributed by atoms with Gasteiger partial charge in [0.1, 0.15) is 0 Å². The third kappa shape index (κ3) is 6.33. The molecule has 0 aromatic heterocycles. The van der Waals surface area contributed by atoms with Gasteiger partial charge in [-0.1, -0.05) is 30.1 Å². The Morgan fingerprint density at radius 3 is 2.52 bits per heavy atom. The lowest BCUT2D eigenvalue weighted by molar-refractivity contribution is -0.133. The van der Waals surface area contributed by atoms with Gasteiger partial charge in [-0.2, -0.15) is 0 Å². The van der Waals surface area contributed by atoms with Crippen molar-refractivity contribution in [3.8, 4) is 0 Å². The van der Waals surface area contributed by atoms with Gasteiger partial charge in [0.05, 0.1) is 16.6 Å². The molecule has 0 bridgehead atoms. The molecule has 2 N–H and O–H groups in total. The standard InChI is InChI=1S/C17H23Cl2N3O2.ClH/c1-2-9-22(13-5-7-20-8-6-13)16(23)11-21-17(24)12-3-4-14(18)15(19)10-12;/h3-4,10,13,20H,2,5-9,11H2,1H3,(H,21,24);1H. The number of benzene rings is 1. The molecule has 140 valence electrons. The van der Waals surface area contributed by atoms with E-state index in [1.165, 1.54) is 6.07 Å². The summed E-state index contributed by atoms with van der Waals surface area (Å²) in [6.45, 7) is 4.60. The zero-order valence-corrected chi connectivity index (χ0v) is 16.5. The first-order valence-electron chi connectivity index (χ1n) is 8.26. The minimum Gasteiger partial charge on any atom is -0.343 e. The van der Waals surface area contributed by atoms with E-state index in [4.69, 9.17) is 23.2 Å². The van der Waals surface area contributed by atoms with Gasteiger partial charge in [0, 0.05) is 18.2 Å². The highest BCUT2D eigenvalue weighted by molar-refractivity contribution is 6.42. The van der Waals surface area contributed by atoms with Crippen LogP contribution < -0.4 is 10.6 Å². The number of halogens is 3. The van der Waals surface area contributed by atoms with Crippen LogP contribution in [0.4, 0.5) is 0 Å². The quantitative estimate of drug-likeness (QED) is 0.760. The summed E-state index contributed by atoms with van der Waals surface area (Å²) in [7, 11) is 0. The first-order chi connectivity index (χ1) is 11.5. The van der Waals surface area contributed by atoms with E-state index in [0.717, 1.165) is 32.4 Å². The minimum absolute atomic E-state index is 0. The second-order valence-electron chi connectivity index (χ2n) is 5.88. The fourth-order valence-corrected chi connectivity index (χ4v) is 3.17. The van der Waals surface area contributed by atoms with Crippen LogP contribution in [0, 0.1) is 0 Å². The van der Waals surface area contributed by atoms with E-state index < -0.39 is 0 Å². The average Bonchev–Trinajstić information content (AvgIpc) is 2.60. The summed E-state index contributed by atoms with van der Waals surface area (Å²) in [6.07, 6.45) is 2.80. The highest BCUT2D eigenvalue weighted by Gasteiger charge is 2.24. The van der Waals surface area contributed by atoms with Crippen LogP contribution in [0.3, 0.4) is 0 Å². The molecule has 8 heteroatoms. The minimum atomic E-state index is -0.330. The summed E-state index contributed by atoms with van der Waals surface area (Å²) >= 11 is 11.8.